The minimum Gasteiger partial charge on any atom is -0.449 e. The van der Waals surface area contributed by atoms with E-state index in [1.165, 1.54) is 10.4 Å². The van der Waals surface area contributed by atoms with Crippen molar-refractivity contribution in [3.63, 3.8) is 0 Å². The van der Waals surface area contributed by atoms with E-state index in [1.807, 2.05) is 18.2 Å². The molecule has 0 atom stereocenters. The van der Waals surface area contributed by atoms with Gasteiger partial charge < -0.3 is 8.64 Å². The first-order valence-corrected chi connectivity index (χ1v) is 13.4. The smallest absolute Gasteiger partial charge is 0.206 e. The van der Waals surface area contributed by atoms with Crippen molar-refractivity contribution in [2.24, 2.45) is 0 Å². The minimum absolute atomic E-state index is 0.869. The second-order valence-electron chi connectivity index (χ2n) is 6.91. The zero-order valence-electron chi connectivity index (χ0n) is 13.3. The van der Waals surface area contributed by atoms with Crippen LogP contribution in [0.2, 0.25) is 26.2 Å². The summed E-state index contributed by atoms with van der Waals surface area (Å²) in [6.07, 6.45) is 0. The largest absolute Gasteiger partial charge is 0.449 e. The van der Waals surface area contributed by atoms with Crippen LogP contribution in [0.4, 0.5) is 0 Å². The van der Waals surface area contributed by atoms with Gasteiger partial charge in [0, 0.05) is 10.9 Å². The molecular formula is C17H19NO2Si2. The third kappa shape index (κ3) is 1.93. The van der Waals surface area contributed by atoms with Crippen LogP contribution >= 0.6 is 0 Å². The summed E-state index contributed by atoms with van der Waals surface area (Å²) in [5.74, 6) is 0. The van der Waals surface area contributed by atoms with Gasteiger partial charge in [-0.25, -0.2) is 0 Å². The molecule has 0 unspecified atom stereocenters. The van der Waals surface area contributed by atoms with Crippen molar-refractivity contribution in [1.82, 2.24) is 5.16 Å². The standard InChI is InChI=1S/C17H19NO2Si2/c1-21(2)15-10-13-14(11-16(15)22(3,4)20-21)19-18-17(13)12-8-6-5-7-9-12/h5-11H,1-4H3. The van der Waals surface area contributed by atoms with Crippen LogP contribution in [0.1, 0.15) is 0 Å². The Morgan fingerprint density at radius 2 is 1.50 bits per heavy atom. The summed E-state index contributed by atoms with van der Waals surface area (Å²) in [7, 11) is -3.63. The van der Waals surface area contributed by atoms with E-state index in [2.05, 4.69) is 55.6 Å². The highest BCUT2D eigenvalue weighted by Crippen LogP contribution is 2.30. The molecule has 0 amide bonds. The summed E-state index contributed by atoms with van der Waals surface area (Å²) in [5.41, 5.74) is 2.89. The van der Waals surface area contributed by atoms with Crippen LogP contribution in [-0.2, 0) is 4.12 Å². The van der Waals surface area contributed by atoms with Crippen LogP contribution in [0.25, 0.3) is 22.2 Å². The van der Waals surface area contributed by atoms with Gasteiger partial charge in [0.1, 0.15) is 5.69 Å². The van der Waals surface area contributed by atoms with Crippen molar-refractivity contribution < 1.29 is 8.64 Å². The predicted octanol–water partition coefficient (Wildman–Crippen LogP) is 3.35. The van der Waals surface area contributed by atoms with Crippen molar-refractivity contribution in [2.45, 2.75) is 26.2 Å². The molecule has 3 aromatic rings. The topological polar surface area (TPSA) is 35.3 Å². The van der Waals surface area contributed by atoms with Crippen LogP contribution in [0.15, 0.2) is 47.0 Å². The molecule has 4 rings (SSSR count). The number of hydrogen-bond donors (Lipinski definition) is 0. The lowest BCUT2D eigenvalue weighted by Crippen LogP contribution is -2.43. The predicted molar refractivity (Wildman–Crippen MR) is 94.8 cm³/mol. The SMILES string of the molecule is C[Si]1(C)O[Si](C)(C)c2cc3c(-c4ccccc4)noc3cc21. The fourth-order valence-electron chi connectivity index (χ4n) is 3.53. The third-order valence-corrected chi connectivity index (χ3v) is 12.2. The third-order valence-electron chi connectivity index (χ3n) is 4.46. The van der Waals surface area contributed by atoms with Gasteiger partial charge in [-0.3, -0.25) is 0 Å². The molecule has 5 heteroatoms. The van der Waals surface area contributed by atoms with Gasteiger partial charge in [-0.1, -0.05) is 35.5 Å². The van der Waals surface area contributed by atoms with Gasteiger partial charge in [0.05, 0.1) is 0 Å². The molecule has 2 aromatic carbocycles. The van der Waals surface area contributed by atoms with Crippen molar-refractivity contribution in [3.05, 3.63) is 42.5 Å². The molecule has 0 saturated carbocycles. The lowest BCUT2D eigenvalue weighted by Gasteiger charge is -2.22. The van der Waals surface area contributed by atoms with Gasteiger partial charge in [0.25, 0.3) is 0 Å². The monoisotopic (exact) mass is 325 g/mol. The molecule has 2 heterocycles. The zero-order valence-corrected chi connectivity index (χ0v) is 15.3. The Labute approximate surface area is 132 Å². The molecule has 3 nitrogen and oxygen atoms in total. The number of nitrogens with zero attached hydrogens (tertiary/aromatic N) is 1. The van der Waals surface area contributed by atoms with E-state index >= 15 is 0 Å². The maximum absolute atomic E-state index is 6.51. The van der Waals surface area contributed by atoms with Crippen LogP contribution in [-0.4, -0.2) is 21.8 Å². The molecule has 0 N–H and O–H groups in total. The van der Waals surface area contributed by atoms with Crippen LogP contribution in [0.5, 0.6) is 0 Å². The van der Waals surface area contributed by atoms with Crippen LogP contribution in [0, 0.1) is 0 Å². The quantitative estimate of drug-likeness (QED) is 0.644. The van der Waals surface area contributed by atoms with Gasteiger partial charge >= 0.3 is 0 Å². The fraction of sp³-hybridized carbons (Fsp3) is 0.235. The van der Waals surface area contributed by atoms with Crippen LogP contribution < -0.4 is 10.4 Å². The number of fused-ring (bicyclic) bond motifs is 2. The molecule has 0 fully saturated rings. The fourth-order valence-corrected chi connectivity index (χ4v) is 13.7. The van der Waals surface area contributed by atoms with E-state index < -0.39 is 16.6 Å². The van der Waals surface area contributed by atoms with E-state index in [0.717, 1.165) is 22.2 Å². The van der Waals surface area contributed by atoms with Crippen molar-refractivity contribution in [3.8, 4) is 11.3 Å². The average Bonchev–Trinajstić information content (AvgIpc) is 2.95. The van der Waals surface area contributed by atoms with Gasteiger partial charge in [0.15, 0.2) is 5.58 Å². The van der Waals surface area contributed by atoms with E-state index in [1.54, 1.807) is 0 Å². The first-order valence-electron chi connectivity index (χ1n) is 7.58. The van der Waals surface area contributed by atoms with Gasteiger partial charge in [-0.05, 0) is 48.7 Å². The number of hydrogen-bond acceptors (Lipinski definition) is 3. The van der Waals surface area contributed by atoms with Crippen molar-refractivity contribution >= 4 is 38.0 Å². The van der Waals surface area contributed by atoms with Crippen molar-refractivity contribution in [2.75, 3.05) is 0 Å². The molecule has 1 aromatic heterocycles. The second-order valence-corrected chi connectivity index (χ2v) is 14.8. The van der Waals surface area contributed by atoms with Gasteiger partial charge in [-0.15, -0.1) is 0 Å². The Morgan fingerprint density at radius 1 is 0.864 bits per heavy atom. The highest BCUT2D eigenvalue weighted by molar-refractivity contribution is 7.05. The molecule has 1 aliphatic rings. The second kappa shape index (κ2) is 4.41. The summed E-state index contributed by atoms with van der Waals surface area (Å²) in [6, 6.07) is 14.7. The van der Waals surface area contributed by atoms with E-state index in [4.69, 9.17) is 8.64 Å². The van der Waals surface area contributed by atoms with Crippen LogP contribution in [0.3, 0.4) is 0 Å². The maximum Gasteiger partial charge on any atom is 0.206 e. The van der Waals surface area contributed by atoms with E-state index in [-0.39, 0.29) is 0 Å². The first-order chi connectivity index (χ1) is 10.4. The maximum atomic E-state index is 6.51. The summed E-state index contributed by atoms with van der Waals surface area (Å²) in [5, 5.41) is 8.21. The number of benzene rings is 2. The average molecular weight is 326 g/mol. The van der Waals surface area contributed by atoms with Gasteiger partial charge in [-0.2, -0.15) is 0 Å². The minimum atomic E-state index is -1.82. The first kappa shape index (κ1) is 13.9. The molecule has 22 heavy (non-hydrogen) atoms. The molecule has 0 saturated heterocycles. The molecule has 1 aliphatic heterocycles. The number of rotatable bonds is 1. The van der Waals surface area contributed by atoms with Crippen molar-refractivity contribution in [1.29, 1.82) is 0 Å². The molecule has 0 aliphatic carbocycles. The summed E-state index contributed by atoms with van der Waals surface area (Å²) < 4.78 is 12.1. The lowest BCUT2D eigenvalue weighted by atomic mass is 10.1. The van der Waals surface area contributed by atoms with E-state index in [0.29, 0.717) is 0 Å². The Balaban J connectivity index is 2.00. The highest BCUT2D eigenvalue weighted by Gasteiger charge is 2.46. The molecule has 0 bridgehead atoms. The Kier molecular flexibility index (Phi) is 2.79. The Bertz CT molecular complexity index is 869. The Hall–Kier alpha value is -1.70. The molecule has 112 valence electrons. The van der Waals surface area contributed by atoms with Gasteiger partial charge in [0.2, 0.25) is 16.6 Å². The number of aromatic nitrogens is 1. The molecular weight excluding hydrogens is 306 g/mol. The molecule has 0 radical (unpaired) electrons. The summed E-state index contributed by atoms with van der Waals surface area (Å²) in [4.78, 5) is 0. The zero-order chi connectivity index (χ0) is 15.5. The van der Waals surface area contributed by atoms with E-state index in [9.17, 15) is 0 Å². The highest BCUT2D eigenvalue weighted by atomic mass is 28.4. The summed E-state index contributed by atoms with van der Waals surface area (Å²) in [6.45, 7) is 9.12. The Morgan fingerprint density at radius 3 is 2.18 bits per heavy atom. The molecule has 0 spiro atoms. The lowest BCUT2D eigenvalue weighted by molar-refractivity contribution is 0.459. The summed E-state index contributed by atoms with van der Waals surface area (Å²) >= 11 is 0. The normalized spacial score (nSPS) is 18.5.